The average Bonchev–Trinajstić information content (AvgIpc) is 2.24. The summed E-state index contributed by atoms with van der Waals surface area (Å²) in [4.78, 5) is 11.7. The predicted octanol–water partition coefficient (Wildman–Crippen LogP) is 2.82. The van der Waals surface area contributed by atoms with Gasteiger partial charge in [0, 0.05) is 29.0 Å². The Morgan fingerprint density at radius 1 is 1.41 bits per heavy atom. The van der Waals surface area contributed by atoms with Crippen LogP contribution in [0.4, 0.5) is 0 Å². The third-order valence-electron chi connectivity index (χ3n) is 2.59. The van der Waals surface area contributed by atoms with Gasteiger partial charge in [0.05, 0.1) is 6.61 Å². The molecule has 0 amide bonds. The van der Waals surface area contributed by atoms with E-state index in [1.54, 1.807) is 10.6 Å². The van der Waals surface area contributed by atoms with E-state index < -0.39 is 0 Å². The van der Waals surface area contributed by atoms with E-state index in [2.05, 4.69) is 36.4 Å². The fourth-order valence-corrected chi connectivity index (χ4v) is 1.89. The van der Waals surface area contributed by atoms with E-state index >= 15 is 0 Å². The van der Waals surface area contributed by atoms with Crippen LogP contribution >= 0.6 is 22.6 Å². The van der Waals surface area contributed by atoms with Crippen molar-refractivity contribution in [2.45, 2.75) is 33.7 Å². The van der Waals surface area contributed by atoms with Gasteiger partial charge in [-0.2, -0.15) is 0 Å². The Labute approximate surface area is 116 Å². The minimum Gasteiger partial charge on any atom is -0.380 e. The Kier molecular flexibility index (Phi) is 6.19. The minimum atomic E-state index is 0.0513. The lowest BCUT2D eigenvalue weighted by molar-refractivity contribution is 0.115. The lowest BCUT2D eigenvalue weighted by Gasteiger charge is -2.09. The summed E-state index contributed by atoms with van der Waals surface area (Å²) in [5.41, 5.74) is 1.09. The summed E-state index contributed by atoms with van der Waals surface area (Å²) in [5, 5.41) is 0. The maximum Gasteiger partial charge on any atom is 0.250 e. The number of pyridine rings is 1. The van der Waals surface area contributed by atoms with Crippen molar-refractivity contribution >= 4 is 22.6 Å². The number of hydrogen-bond acceptors (Lipinski definition) is 2. The second-order valence-electron chi connectivity index (χ2n) is 4.63. The molecule has 1 rings (SSSR count). The molecule has 0 aromatic carbocycles. The maximum atomic E-state index is 11.7. The summed E-state index contributed by atoms with van der Waals surface area (Å²) < 4.78 is 8.34. The van der Waals surface area contributed by atoms with Crippen LogP contribution in [0.15, 0.2) is 17.1 Å². The summed E-state index contributed by atoms with van der Waals surface area (Å²) in [6.45, 7) is 8.31. The lowest BCUT2D eigenvalue weighted by atomic mass is 10.1. The fraction of sp³-hybridized carbons (Fsp3) is 0.615. The Balaban J connectivity index is 2.42. The topological polar surface area (TPSA) is 31.2 Å². The van der Waals surface area contributed by atoms with E-state index in [0.717, 1.165) is 22.2 Å². The Morgan fingerprint density at radius 2 is 2.12 bits per heavy atom. The van der Waals surface area contributed by atoms with Crippen molar-refractivity contribution in [2.24, 2.45) is 5.92 Å². The number of ether oxygens (including phenoxy) is 1. The molecule has 0 unspecified atom stereocenters. The largest absolute Gasteiger partial charge is 0.380 e. The van der Waals surface area contributed by atoms with Gasteiger partial charge in [0.25, 0.3) is 5.56 Å². The van der Waals surface area contributed by atoms with E-state index in [-0.39, 0.29) is 5.56 Å². The van der Waals surface area contributed by atoms with E-state index in [1.165, 1.54) is 0 Å². The second kappa shape index (κ2) is 7.16. The van der Waals surface area contributed by atoms with Gasteiger partial charge in [-0.3, -0.25) is 4.79 Å². The van der Waals surface area contributed by atoms with Gasteiger partial charge in [-0.15, -0.1) is 0 Å². The zero-order chi connectivity index (χ0) is 12.8. The first-order valence-electron chi connectivity index (χ1n) is 5.95. The molecule has 0 aliphatic carbocycles. The molecule has 0 saturated heterocycles. The van der Waals surface area contributed by atoms with Gasteiger partial charge in [0.1, 0.15) is 0 Å². The number of aromatic nitrogens is 1. The SMILES string of the molecule is Cc1cc(=O)n(CCOCCC(C)C)cc1I. The quantitative estimate of drug-likeness (QED) is 0.584. The van der Waals surface area contributed by atoms with Crippen LogP contribution in [0.1, 0.15) is 25.8 Å². The third kappa shape index (κ3) is 5.21. The molecule has 17 heavy (non-hydrogen) atoms. The molecule has 0 spiro atoms. The zero-order valence-electron chi connectivity index (χ0n) is 10.7. The lowest BCUT2D eigenvalue weighted by Crippen LogP contribution is -2.22. The molecule has 96 valence electrons. The standard InChI is InChI=1S/C13H20INO2/c1-10(2)4-6-17-7-5-15-9-12(14)11(3)8-13(15)16/h8-10H,4-7H2,1-3H3. The maximum absolute atomic E-state index is 11.7. The molecule has 0 atom stereocenters. The van der Waals surface area contributed by atoms with Gasteiger partial charge < -0.3 is 9.30 Å². The molecule has 0 saturated carbocycles. The van der Waals surface area contributed by atoms with Crippen molar-refractivity contribution < 1.29 is 4.74 Å². The number of nitrogens with zero attached hydrogens (tertiary/aromatic N) is 1. The number of halogens is 1. The van der Waals surface area contributed by atoms with Crippen LogP contribution in [-0.4, -0.2) is 17.8 Å². The first kappa shape index (κ1) is 14.7. The number of aryl methyl sites for hydroxylation is 1. The van der Waals surface area contributed by atoms with Crippen LogP contribution < -0.4 is 5.56 Å². The van der Waals surface area contributed by atoms with Crippen LogP contribution in [0.25, 0.3) is 0 Å². The molecule has 1 aromatic heterocycles. The van der Waals surface area contributed by atoms with Gasteiger partial charge >= 0.3 is 0 Å². The molecule has 3 nitrogen and oxygen atoms in total. The summed E-state index contributed by atoms with van der Waals surface area (Å²) in [5.74, 6) is 0.665. The van der Waals surface area contributed by atoms with Crippen LogP contribution in [-0.2, 0) is 11.3 Å². The summed E-state index contributed by atoms with van der Waals surface area (Å²) in [6, 6.07) is 1.68. The Morgan fingerprint density at radius 3 is 2.76 bits per heavy atom. The van der Waals surface area contributed by atoms with Crippen LogP contribution in [0.5, 0.6) is 0 Å². The van der Waals surface area contributed by atoms with Crippen LogP contribution in [0.3, 0.4) is 0 Å². The molecule has 4 heteroatoms. The molecule has 1 heterocycles. The minimum absolute atomic E-state index is 0.0513. The molecule has 0 aliphatic heterocycles. The fourth-order valence-electron chi connectivity index (χ4n) is 1.40. The van der Waals surface area contributed by atoms with Gasteiger partial charge in [-0.1, -0.05) is 13.8 Å². The second-order valence-corrected chi connectivity index (χ2v) is 5.79. The molecule has 0 aliphatic rings. The predicted molar refractivity (Wildman–Crippen MR) is 78.4 cm³/mol. The molecule has 0 radical (unpaired) electrons. The molecule has 0 bridgehead atoms. The third-order valence-corrected chi connectivity index (χ3v) is 3.71. The number of rotatable bonds is 6. The van der Waals surface area contributed by atoms with Crippen molar-refractivity contribution in [3.63, 3.8) is 0 Å². The average molecular weight is 349 g/mol. The highest BCUT2D eigenvalue weighted by Gasteiger charge is 2.01. The Hall–Kier alpha value is -0.360. The van der Waals surface area contributed by atoms with Crippen molar-refractivity contribution in [3.8, 4) is 0 Å². The van der Waals surface area contributed by atoms with Crippen molar-refractivity contribution in [2.75, 3.05) is 13.2 Å². The van der Waals surface area contributed by atoms with Crippen molar-refractivity contribution in [3.05, 3.63) is 31.8 Å². The van der Waals surface area contributed by atoms with Crippen LogP contribution in [0.2, 0.25) is 0 Å². The van der Waals surface area contributed by atoms with E-state index in [4.69, 9.17) is 4.74 Å². The highest BCUT2D eigenvalue weighted by atomic mass is 127. The first-order chi connectivity index (χ1) is 8.00. The summed E-state index contributed by atoms with van der Waals surface area (Å²) >= 11 is 2.24. The molecular weight excluding hydrogens is 329 g/mol. The normalized spacial score (nSPS) is 11.1. The molecular formula is C13H20INO2. The van der Waals surface area contributed by atoms with Gasteiger partial charge in [-0.25, -0.2) is 0 Å². The zero-order valence-corrected chi connectivity index (χ0v) is 12.9. The van der Waals surface area contributed by atoms with Crippen LogP contribution in [0, 0.1) is 16.4 Å². The molecule has 0 fully saturated rings. The summed E-state index contributed by atoms with van der Waals surface area (Å²) in [7, 11) is 0. The van der Waals surface area contributed by atoms with Gasteiger partial charge in [0.2, 0.25) is 0 Å². The molecule has 0 N–H and O–H groups in total. The Bertz CT molecular complexity index is 412. The highest BCUT2D eigenvalue weighted by Crippen LogP contribution is 2.07. The van der Waals surface area contributed by atoms with Crippen molar-refractivity contribution in [1.82, 2.24) is 4.57 Å². The highest BCUT2D eigenvalue weighted by molar-refractivity contribution is 14.1. The van der Waals surface area contributed by atoms with E-state index in [0.29, 0.717) is 19.1 Å². The summed E-state index contributed by atoms with van der Waals surface area (Å²) in [6.07, 6.45) is 2.96. The van der Waals surface area contributed by atoms with E-state index in [1.807, 2.05) is 13.1 Å². The first-order valence-corrected chi connectivity index (χ1v) is 7.03. The van der Waals surface area contributed by atoms with Gasteiger partial charge in [-0.05, 0) is 47.4 Å². The van der Waals surface area contributed by atoms with Crippen molar-refractivity contribution in [1.29, 1.82) is 0 Å². The monoisotopic (exact) mass is 349 g/mol. The number of hydrogen-bond donors (Lipinski definition) is 0. The smallest absolute Gasteiger partial charge is 0.250 e. The van der Waals surface area contributed by atoms with Gasteiger partial charge in [0.15, 0.2) is 0 Å². The molecule has 1 aromatic rings. The van der Waals surface area contributed by atoms with E-state index in [9.17, 15) is 4.79 Å².